The molecule has 3 aromatic rings. The average Bonchev–Trinajstić information content (AvgIpc) is 2.89. The Labute approximate surface area is 116 Å². The van der Waals surface area contributed by atoms with E-state index < -0.39 is 0 Å². The lowest BCUT2D eigenvalue weighted by Crippen LogP contribution is -1.98. The Bertz CT molecular complexity index is 740. The summed E-state index contributed by atoms with van der Waals surface area (Å²) in [4.78, 5) is 4.10. The van der Waals surface area contributed by atoms with Crippen molar-refractivity contribution in [1.29, 1.82) is 0 Å². The second-order valence-corrected chi connectivity index (χ2v) is 4.21. The summed E-state index contributed by atoms with van der Waals surface area (Å²) in [6, 6.07) is 15.5. The van der Waals surface area contributed by atoms with Crippen molar-refractivity contribution in [3.8, 4) is 0 Å². The van der Waals surface area contributed by atoms with E-state index in [1.54, 1.807) is 23.1 Å². The van der Waals surface area contributed by atoms with Crippen LogP contribution in [-0.4, -0.2) is 24.8 Å². The fourth-order valence-corrected chi connectivity index (χ4v) is 1.86. The molecular weight excluding hydrogens is 250 g/mol. The van der Waals surface area contributed by atoms with Crippen molar-refractivity contribution in [3.63, 3.8) is 0 Å². The minimum absolute atomic E-state index is 0.663. The number of nitrogens with zero attached hydrogens (tertiary/aromatic N) is 5. The fourth-order valence-electron chi connectivity index (χ4n) is 1.86. The van der Waals surface area contributed by atoms with Gasteiger partial charge in [-0.15, -0.1) is 10.2 Å². The van der Waals surface area contributed by atoms with Crippen LogP contribution in [0.1, 0.15) is 11.4 Å². The zero-order chi connectivity index (χ0) is 13.6. The summed E-state index contributed by atoms with van der Waals surface area (Å²) in [7, 11) is 0. The normalized spacial score (nSPS) is 10.2. The molecule has 0 saturated carbocycles. The Morgan fingerprint density at radius 1 is 0.800 bits per heavy atom. The zero-order valence-electron chi connectivity index (χ0n) is 10.8. The second-order valence-electron chi connectivity index (χ2n) is 4.21. The van der Waals surface area contributed by atoms with Crippen molar-refractivity contribution in [2.45, 2.75) is 6.42 Å². The minimum Gasteiger partial charge on any atom is -0.265 e. The van der Waals surface area contributed by atoms with Gasteiger partial charge in [-0.2, -0.15) is 9.61 Å². The molecule has 0 bridgehead atoms. The molecule has 0 aliphatic heterocycles. The molecule has 0 unspecified atom stereocenters. The van der Waals surface area contributed by atoms with Crippen molar-refractivity contribution >= 4 is 5.65 Å². The third-order valence-electron chi connectivity index (χ3n) is 2.79. The Kier molecular flexibility index (Phi) is 3.59. The maximum atomic E-state index is 4.27. The number of aromatic nitrogens is 5. The Balaban J connectivity index is 1.99. The molecule has 0 fully saturated rings. The van der Waals surface area contributed by atoms with Crippen molar-refractivity contribution in [3.05, 3.63) is 78.5 Å². The lowest BCUT2D eigenvalue weighted by Gasteiger charge is -1.97. The van der Waals surface area contributed by atoms with E-state index in [-0.39, 0.29) is 0 Å². The highest BCUT2D eigenvalue weighted by Gasteiger charge is 2.05. The van der Waals surface area contributed by atoms with Gasteiger partial charge in [0.1, 0.15) is 0 Å². The van der Waals surface area contributed by atoms with Gasteiger partial charge in [-0.25, -0.2) is 0 Å². The first-order chi connectivity index (χ1) is 9.93. The zero-order valence-corrected chi connectivity index (χ0v) is 10.8. The van der Waals surface area contributed by atoms with Crippen LogP contribution in [0, 0.1) is 0 Å². The molecule has 0 saturated heterocycles. The number of hydrogen-bond acceptors (Lipinski definition) is 4. The van der Waals surface area contributed by atoms with Gasteiger partial charge in [0.15, 0.2) is 11.5 Å². The number of rotatable bonds is 2. The van der Waals surface area contributed by atoms with E-state index >= 15 is 0 Å². The first kappa shape index (κ1) is 12.2. The summed E-state index contributed by atoms with van der Waals surface area (Å²) >= 11 is 0. The molecule has 0 radical (unpaired) electrons. The summed E-state index contributed by atoms with van der Waals surface area (Å²) in [6.45, 7) is 0. The summed E-state index contributed by atoms with van der Waals surface area (Å²) in [5.41, 5.74) is 1.87. The molecule has 3 heterocycles. The van der Waals surface area contributed by atoms with E-state index in [1.807, 2.05) is 48.5 Å². The predicted octanol–water partition coefficient (Wildman–Crippen LogP) is 2.23. The largest absolute Gasteiger partial charge is 0.265 e. The predicted molar refractivity (Wildman–Crippen MR) is 75.5 cm³/mol. The fraction of sp³-hybridized carbons (Fsp3) is 0.0667. The second kappa shape index (κ2) is 5.88. The molecule has 0 N–H and O–H groups in total. The lowest BCUT2D eigenvalue weighted by atomic mass is 10.2. The topological polar surface area (TPSA) is 56.0 Å². The van der Waals surface area contributed by atoms with Gasteiger partial charge in [0, 0.05) is 25.0 Å². The van der Waals surface area contributed by atoms with Gasteiger partial charge in [0.25, 0.3) is 0 Å². The van der Waals surface area contributed by atoms with Crippen LogP contribution in [0.3, 0.4) is 0 Å². The average molecular weight is 263 g/mol. The first-order valence-corrected chi connectivity index (χ1v) is 6.31. The summed E-state index contributed by atoms with van der Waals surface area (Å²) in [5.74, 6) is 0.814. The van der Waals surface area contributed by atoms with Crippen LogP contribution < -0.4 is 0 Å². The molecule has 0 aromatic carbocycles. The summed E-state index contributed by atoms with van der Waals surface area (Å²) in [5, 5.41) is 12.6. The van der Waals surface area contributed by atoms with E-state index in [4.69, 9.17) is 0 Å². The third kappa shape index (κ3) is 2.77. The molecule has 98 valence electrons. The van der Waals surface area contributed by atoms with Gasteiger partial charge < -0.3 is 0 Å². The van der Waals surface area contributed by atoms with Crippen LogP contribution >= 0.6 is 0 Å². The molecule has 0 amide bonds. The van der Waals surface area contributed by atoms with Crippen LogP contribution in [0.2, 0.25) is 0 Å². The van der Waals surface area contributed by atoms with Crippen molar-refractivity contribution < 1.29 is 0 Å². The lowest BCUT2D eigenvalue weighted by molar-refractivity contribution is 0.838. The number of hydrogen-bond donors (Lipinski definition) is 0. The van der Waals surface area contributed by atoms with Crippen LogP contribution in [0.4, 0.5) is 0 Å². The molecule has 20 heavy (non-hydrogen) atoms. The van der Waals surface area contributed by atoms with E-state index in [2.05, 4.69) is 20.3 Å². The van der Waals surface area contributed by atoms with E-state index in [0.29, 0.717) is 6.42 Å². The van der Waals surface area contributed by atoms with Gasteiger partial charge in [0.2, 0.25) is 0 Å². The molecule has 0 spiro atoms. The Morgan fingerprint density at radius 2 is 1.65 bits per heavy atom. The van der Waals surface area contributed by atoms with E-state index in [1.165, 1.54) is 0 Å². The highest BCUT2D eigenvalue weighted by atomic mass is 15.4. The number of fused-ring (bicyclic) bond motifs is 1. The van der Waals surface area contributed by atoms with Gasteiger partial charge in [-0.05, 0) is 29.8 Å². The van der Waals surface area contributed by atoms with E-state index in [0.717, 1.165) is 17.0 Å². The molecule has 3 rings (SSSR count). The summed E-state index contributed by atoms with van der Waals surface area (Å²) in [6.07, 6.45) is 5.89. The minimum atomic E-state index is 0.663. The first-order valence-electron chi connectivity index (χ1n) is 6.31. The summed E-state index contributed by atoms with van der Waals surface area (Å²) < 4.78 is 1.76. The third-order valence-corrected chi connectivity index (χ3v) is 2.79. The highest BCUT2D eigenvalue weighted by molar-refractivity contribution is 5.35. The standard InChI is InChI=1S/C15H13N5/c1-2-6-13(7-4-10-16-9-3-1)12-15-19-18-14-8-5-11-17-20(14)15/h1-11H,12H2. The van der Waals surface area contributed by atoms with Crippen molar-refractivity contribution in [2.24, 2.45) is 0 Å². The van der Waals surface area contributed by atoms with Crippen LogP contribution in [0.5, 0.6) is 0 Å². The molecule has 3 aromatic heterocycles. The monoisotopic (exact) mass is 263 g/mol. The van der Waals surface area contributed by atoms with Crippen LogP contribution in [-0.2, 0) is 6.42 Å². The smallest absolute Gasteiger partial charge is 0.177 e. The van der Waals surface area contributed by atoms with Crippen molar-refractivity contribution in [1.82, 2.24) is 24.8 Å². The van der Waals surface area contributed by atoms with Gasteiger partial charge >= 0.3 is 0 Å². The SMILES string of the molecule is c1ccncccc(Cc2nnc3cccnn23)cc1. The molecule has 5 heteroatoms. The van der Waals surface area contributed by atoms with Gasteiger partial charge in [-0.3, -0.25) is 4.98 Å². The molecule has 0 aliphatic carbocycles. The van der Waals surface area contributed by atoms with Crippen molar-refractivity contribution in [2.75, 3.05) is 0 Å². The van der Waals surface area contributed by atoms with E-state index in [9.17, 15) is 0 Å². The quantitative estimate of drug-likeness (QED) is 0.711. The molecule has 0 aliphatic rings. The Hall–Kier alpha value is -2.82. The van der Waals surface area contributed by atoms with Crippen LogP contribution in [0.15, 0.2) is 67.1 Å². The van der Waals surface area contributed by atoms with Crippen LogP contribution in [0.25, 0.3) is 5.65 Å². The maximum Gasteiger partial charge on any atom is 0.177 e. The van der Waals surface area contributed by atoms with Gasteiger partial charge in [-0.1, -0.05) is 24.3 Å². The highest BCUT2D eigenvalue weighted by Crippen LogP contribution is 2.06. The molecule has 0 atom stereocenters. The molecule has 5 nitrogen and oxygen atoms in total. The van der Waals surface area contributed by atoms with Gasteiger partial charge in [0.05, 0.1) is 0 Å². The molecular formula is C15H13N5. The maximum absolute atomic E-state index is 4.27. The Morgan fingerprint density at radius 3 is 2.65 bits per heavy atom.